The van der Waals surface area contributed by atoms with E-state index in [1.807, 2.05) is 50.2 Å². The molecule has 0 saturated heterocycles. The van der Waals surface area contributed by atoms with E-state index in [-0.39, 0.29) is 12.4 Å². The predicted octanol–water partition coefficient (Wildman–Crippen LogP) is 4.49. The van der Waals surface area contributed by atoms with Gasteiger partial charge < -0.3 is 9.15 Å². The van der Waals surface area contributed by atoms with Gasteiger partial charge in [0, 0.05) is 16.7 Å². The first-order chi connectivity index (χ1) is 14.1. The Morgan fingerprint density at radius 3 is 2.83 bits per heavy atom. The fraction of sp³-hybridized carbons (Fsp3) is 0.238. The van der Waals surface area contributed by atoms with Crippen molar-refractivity contribution in [3.63, 3.8) is 0 Å². The van der Waals surface area contributed by atoms with E-state index in [1.165, 1.54) is 17.3 Å². The van der Waals surface area contributed by atoms with Gasteiger partial charge in [0.05, 0.1) is 12.3 Å². The average Bonchev–Trinajstić information content (AvgIpc) is 3.31. The minimum absolute atomic E-state index is 0.228. The maximum absolute atomic E-state index is 12.4. The molecule has 0 aliphatic carbocycles. The summed E-state index contributed by atoms with van der Waals surface area (Å²) in [4.78, 5) is 12.4. The lowest BCUT2D eigenvalue weighted by Crippen LogP contribution is -2.06. The van der Waals surface area contributed by atoms with Crippen molar-refractivity contribution in [1.82, 2.24) is 20.2 Å². The molecule has 0 fully saturated rings. The molecule has 2 aromatic carbocycles. The van der Waals surface area contributed by atoms with Crippen molar-refractivity contribution in [3.8, 4) is 5.69 Å². The van der Waals surface area contributed by atoms with E-state index in [2.05, 4.69) is 21.6 Å². The summed E-state index contributed by atoms with van der Waals surface area (Å²) in [7, 11) is 0. The number of benzene rings is 2. The largest absolute Gasteiger partial charge is 0.460 e. The van der Waals surface area contributed by atoms with Crippen LogP contribution in [-0.2, 0) is 10.5 Å². The summed E-state index contributed by atoms with van der Waals surface area (Å²) in [5.74, 6) is 0.232. The molecule has 0 unspecified atom stereocenters. The molecular weight excluding hydrogens is 388 g/mol. The molecule has 0 saturated carbocycles. The Labute approximate surface area is 172 Å². The van der Waals surface area contributed by atoms with Gasteiger partial charge in [-0.25, -0.2) is 4.79 Å². The number of tetrazole rings is 1. The van der Waals surface area contributed by atoms with Crippen LogP contribution in [0.4, 0.5) is 0 Å². The fourth-order valence-electron chi connectivity index (χ4n) is 3.20. The summed E-state index contributed by atoms with van der Waals surface area (Å²) in [6, 6.07) is 13.7. The molecule has 7 nitrogen and oxygen atoms in total. The van der Waals surface area contributed by atoms with Crippen molar-refractivity contribution in [2.45, 2.75) is 31.7 Å². The van der Waals surface area contributed by atoms with Crippen LogP contribution in [0.2, 0.25) is 0 Å². The number of hydrogen-bond acceptors (Lipinski definition) is 7. The number of hydrogen-bond donors (Lipinski definition) is 0. The van der Waals surface area contributed by atoms with Crippen LogP contribution in [0.5, 0.6) is 0 Å². The Bertz CT molecular complexity index is 1180. The third-order valence-electron chi connectivity index (χ3n) is 4.53. The Balaban J connectivity index is 1.67. The fourth-order valence-corrected chi connectivity index (χ4v) is 4.11. The van der Waals surface area contributed by atoms with E-state index in [9.17, 15) is 4.79 Å². The quantitative estimate of drug-likeness (QED) is 0.343. The number of esters is 1. The lowest BCUT2D eigenvalue weighted by Gasteiger charge is -2.08. The van der Waals surface area contributed by atoms with Crippen LogP contribution >= 0.6 is 11.8 Å². The molecule has 0 N–H and O–H groups in total. The summed E-state index contributed by atoms with van der Waals surface area (Å²) in [5, 5.41) is 13.7. The number of thioether (sulfide) groups is 1. The molecule has 0 amide bonds. The van der Waals surface area contributed by atoms with Crippen LogP contribution < -0.4 is 0 Å². The normalized spacial score (nSPS) is 11.1. The van der Waals surface area contributed by atoms with Gasteiger partial charge in [0.2, 0.25) is 10.9 Å². The molecule has 148 valence electrons. The second-order valence-corrected chi connectivity index (χ2v) is 7.52. The van der Waals surface area contributed by atoms with Gasteiger partial charge in [-0.3, -0.25) is 0 Å². The summed E-state index contributed by atoms with van der Waals surface area (Å²) in [6.07, 6.45) is 0. The van der Waals surface area contributed by atoms with Crippen LogP contribution in [0.25, 0.3) is 16.7 Å². The molecule has 0 atom stereocenters. The number of carbonyl (C=O) groups excluding carboxylic acids is 1. The molecule has 29 heavy (non-hydrogen) atoms. The van der Waals surface area contributed by atoms with E-state index in [0.717, 1.165) is 22.2 Å². The highest BCUT2D eigenvalue weighted by Gasteiger charge is 2.22. The van der Waals surface area contributed by atoms with Crippen molar-refractivity contribution in [2.75, 3.05) is 6.61 Å². The summed E-state index contributed by atoms with van der Waals surface area (Å²) >= 11 is 1.44. The van der Waals surface area contributed by atoms with Gasteiger partial charge in [0.15, 0.2) is 0 Å². The summed E-state index contributed by atoms with van der Waals surface area (Å²) in [5.41, 5.74) is 4.61. The zero-order valence-corrected chi connectivity index (χ0v) is 17.2. The Morgan fingerprint density at radius 1 is 1.21 bits per heavy atom. The Kier molecular flexibility index (Phi) is 5.35. The second kappa shape index (κ2) is 8.08. The minimum atomic E-state index is -0.465. The third kappa shape index (κ3) is 3.75. The number of rotatable bonds is 6. The van der Waals surface area contributed by atoms with Crippen molar-refractivity contribution in [3.05, 3.63) is 64.9 Å². The maximum Gasteiger partial charge on any atom is 0.374 e. The van der Waals surface area contributed by atoms with Crippen LogP contribution in [0.1, 0.15) is 34.2 Å². The highest BCUT2D eigenvalue weighted by Crippen LogP contribution is 2.32. The van der Waals surface area contributed by atoms with Crippen LogP contribution in [0.3, 0.4) is 0 Å². The molecule has 0 spiro atoms. The zero-order valence-electron chi connectivity index (χ0n) is 16.4. The SMILES string of the molecule is CCOC(=O)c1oc2ccccc2c1CSc1nnnn1-c1ccc(C)cc1C. The Hall–Kier alpha value is -3.13. The number of aryl methyl sites for hydroxylation is 2. The van der Waals surface area contributed by atoms with E-state index in [0.29, 0.717) is 16.5 Å². The molecule has 8 heteroatoms. The number of carbonyl (C=O) groups is 1. The third-order valence-corrected chi connectivity index (χ3v) is 5.47. The number of fused-ring (bicyclic) bond motifs is 1. The van der Waals surface area contributed by atoms with Crippen LogP contribution in [0.15, 0.2) is 52.0 Å². The van der Waals surface area contributed by atoms with Crippen molar-refractivity contribution in [1.29, 1.82) is 0 Å². The van der Waals surface area contributed by atoms with Gasteiger partial charge in [-0.05, 0) is 48.9 Å². The van der Waals surface area contributed by atoms with Gasteiger partial charge in [-0.1, -0.05) is 47.7 Å². The van der Waals surface area contributed by atoms with Gasteiger partial charge >= 0.3 is 5.97 Å². The van der Waals surface area contributed by atoms with E-state index in [4.69, 9.17) is 9.15 Å². The molecule has 4 rings (SSSR count). The van der Waals surface area contributed by atoms with E-state index < -0.39 is 5.97 Å². The molecule has 0 radical (unpaired) electrons. The molecule has 0 aliphatic heterocycles. The summed E-state index contributed by atoms with van der Waals surface area (Å²) in [6.45, 7) is 6.13. The maximum atomic E-state index is 12.4. The van der Waals surface area contributed by atoms with Gasteiger partial charge in [-0.15, -0.1) is 5.10 Å². The topological polar surface area (TPSA) is 83.0 Å². The Morgan fingerprint density at radius 2 is 2.03 bits per heavy atom. The molecule has 2 heterocycles. The molecule has 0 bridgehead atoms. The van der Waals surface area contributed by atoms with Crippen molar-refractivity contribution in [2.24, 2.45) is 0 Å². The first-order valence-electron chi connectivity index (χ1n) is 9.24. The number of ether oxygens (including phenoxy) is 1. The van der Waals surface area contributed by atoms with Crippen LogP contribution in [-0.4, -0.2) is 32.8 Å². The van der Waals surface area contributed by atoms with Gasteiger partial charge in [-0.2, -0.15) is 4.68 Å². The predicted molar refractivity (Wildman–Crippen MR) is 110 cm³/mol. The number of aromatic nitrogens is 4. The van der Waals surface area contributed by atoms with E-state index >= 15 is 0 Å². The van der Waals surface area contributed by atoms with E-state index in [1.54, 1.807) is 11.6 Å². The lowest BCUT2D eigenvalue weighted by atomic mass is 10.1. The summed E-state index contributed by atoms with van der Waals surface area (Å²) < 4.78 is 12.7. The first kappa shape index (κ1) is 19.2. The van der Waals surface area contributed by atoms with Crippen LogP contribution in [0, 0.1) is 13.8 Å². The number of nitrogens with zero attached hydrogens (tertiary/aromatic N) is 4. The average molecular weight is 408 g/mol. The first-order valence-corrected chi connectivity index (χ1v) is 10.2. The molecular formula is C21H20N4O3S. The zero-order chi connectivity index (χ0) is 20.4. The number of furan rings is 1. The van der Waals surface area contributed by atoms with Crippen molar-refractivity contribution < 1.29 is 13.9 Å². The molecule has 0 aliphatic rings. The highest BCUT2D eigenvalue weighted by atomic mass is 32.2. The smallest absolute Gasteiger partial charge is 0.374 e. The lowest BCUT2D eigenvalue weighted by molar-refractivity contribution is 0.0491. The minimum Gasteiger partial charge on any atom is -0.460 e. The van der Waals surface area contributed by atoms with Crippen molar-refractivity contribution >= 4 is 28.7 Å². The highest BCUT2D eigenvalue weighted by molar-refractivity contribution is 7.98. The van der Waals surface area contributed by atoms with Gasteiger partial charge in [0.1, 0.15) is 5.58 Å². The molecule has 4 aromatic rings. The molecule has 2 aromatic heterocycles. The monoisotopic (exact) mass is 408 g/mol. The van der Waals surface area contributed by atoms with Gasteiger partial charge in [0.25, 0.3) is 0 Å². The number of para-hydroxylation sites is 1. The second-order valence-electron chi connectivity index (χ2n) is 6.58. The standard InChI is InChI=1S/C21H20N4O3S/c1-4-27-20(26)19-16(15-7-5-6-8-18(15)28-19)12-29-21-22-23-24-25(21)17-10-9-13(2)11-14(17)3/h5-11H,4,12H2,1-3H3.